The summed E-state index contributed by atoms with van der Waals surface area (Å²) in [5.41, 5.74) is 1.00. The Balaban J connectivity index is 1.71. The van der Waals surface area contributed by atoms with Crippen molar-refractivity contribution >= 4 is 5.96 Å². The smallest absolute Gasteiger partial charge is 0.193 e. The Morgan fingerprint density at radius 3 is 2.59 bits per heavy atom. The number of likely N-dealkylation sites (tertiary alicyclic amines) is 1. The molecule has 1 N–H and O–H groups in total. The van der Waals surface area contributed by atoms with Gasteiger partial charge in [-0.05, 0) is 36.0 Å². The lowest BCUT2D eigenvalue weighted by Crippen LogP contribution is -2.51. The van der Waals surface area contributed by atoms with Crippen LogP contribution in [-0.2, 0) is 4.74 Å². The van der Waals surface area contributed by atoms with Crippen molar-refractivity contribution in [3.05, 3.63) is 35.6 Å². The van der Waals surface area contributed by atoms with E-state index in [1.54, 1.807) is 12.1 Å². The number of nitrogens with zero attached hydrogens (tertiary/aromatic N) is 3. The molecule has 2 saturated heterocycles. The molecule has 3 unspecified atom stereocenters. The fourth-order valence-corrected chi connectivity index (χ4v) is 4.42. The van der Waals surface area contributed by atoms with E-state index in [-0.39, 0.29) is 11.9 Å². The van der Waals surface area contributed by atoms with Gasteiger partial charge in [-0.15, -0.1) is 0 Å². The average molecular weight is 377 g/mol. The standard InChI is InChI=1S/C21H33FN4O/c1-16-11-17(2)15-26(14-16)21(23-3)24-13-20(25-7-9-27-10-8-25)18-5-4-6-19(22)12-18/h4-6,12,16-17,20H,7-11,13-15H2,1-3H3,(H,23,24). The second-order valence-electron chi connectivity index (χ2n) is 8.00. The third kappa shape index (κ3) is 5.42. The number of morpholine rings is 1. The van der Waals surface area contributed by atoms with Crippen LogP contribution in [0.5, 0.6) is 0 Å². The van der Waals surface area contributed by atoms with Crippen molar-refractivity contribution in [3.63, 3.8) is 0 Å². The highest BCUT2D eigenvalue weighted by atomic mass is 19.1. The van der Waals surface area contributed by atoms with E-state index >= 15 is 0 Å². The van der Waals surface area contributed by atoms with E-state index in [0.717, 1.165) is 50.9 Å². The zero-order valence-corrected chi connectivity index (χ0v) is 16.8. The Morgan fingerprint density at radius 1 is 1.26 bits per heavy atom. The second kappa shape index (κ2) is 9.51. The Hall–Kier alpha value is -1.66. The molecule has 2 fully saturated rings. The van der Waals surface area contributed by atoms with Gasteiger partial charge >= 0.3 is 0 Å². The van der Waals surface area contributed by atoms with E-state index < -0.39 is 0 Å². The van der Waals surface area contributed by atoms with Crippen molar-refractivity contribution in [1.29, 1.82) is 0 Å². The minimum Gasteiger partial charge on any atom is -0.379 e. The molecule has 2 aliphatic heterocycles. The van der Waals surface area contributed by atoms with E-state index in [9.17, 15) is 4.39 Å². The number of benzene rings is 1. The number of nitrogens with one attached hydrogen (secondary N) is 1. The summed E-state index contributed by atoms with van der Waals surface area (Å²) in [6.07, 6.45) is 1.27. The number of hydrogen-bond acceptors (Lipinski definition) is 3. The fraction of sp³-hybridized carbons (Fsp3) is 0.667. The minimum atomic E-state index is -0.186. The molecule has 0 radical (unpaired) electrons. The van der Waals surface area contributed by atoms with Crippen molar-refractivity contribution in [2.75, 3.05) is 53.0 Å². The first-order chi connectivity index (χ1) is 13.1. The van der Waals surface area contributed by atoms with Gasteiger partial charge in [-0.25, -0.2) is 4.39 Å². The van der Waals surface area contributed by atoms with Gasteiger partial charge in [0.25, 0.3) is 0 Å². The topological polar surface area (TPSA) is 40.1 Å². The normalized spacial score (nSPS) is 26.1. The van der Waals surface area contributed by atoms with Crippen LogP contribution in [0.4, 0.5) is 4.39 Å². The first-order valence-corrected chi connectivity index (χ1v) is 10.1. The number of halogens is 1. The maximum atomic E-state index is 13.8. The third-order valence-corrected chi connectivity index (χ3v) is 5.55. The van der Waals surface area contributed by atoms with Crippen LogP contribution in [0.1, 0.15) is 31.9 Å². The molecule has 0 saturated carbocycles. The molecule has 0 aromatic heterocycles. The van der Waals surface area contributed by atoms with Gasteiger partial charge in [0.2, 0.25) is 0 Å². The van der Waals surface area contributed by atoms with Crippen LogP contribution in [0.2, 0.25) is 0 Å². The fourth-order valence-electron chi connectivity index (χ4n) is 4.42. The molecule has 3 rings (SSSR count). The summed E-state index contributed by atoms with van der Waals surface area (Å²) in [5.74, 6) is 2.10. The summed E-state index contributed by atoms with van der Waals surface area (Å²) in [4.78, 5) is 9.26. The zero-order chi connectivity index (χ0) is 19.2. The van der Waals surface area contributed by atoms with Crippen LogP contribution in [0, 0.1) is 17.7 Å². The molecule has 0 amide bonds. The first kappa shape index (κ1) is 20.1. The minimum absolute atomic E-state index is 0.0981. The van der Waals surface area contributed by atoms with Gasteiger partial charge in [0.05, 0.1) is 19.3 Å². The number of rotatable bonds is 4. The van der Waals surface area contributed by atoms with Crippen molar-refractivity contribution in [2.45, 2.75) is 26.3 Å². The molecule has 0 bridgehead atoms. The molecule has 27 heavy (non-hydrogen) atoms. The van der Waals surface area contributed by atoms with E-state index in [2.05, 4.69) is 34.0 Å². The SMILES string of the molecule is CN=C(NCC(c1cccc(F)c1)N1CCOCC1)N1CC(C)CC(C)C1. The first-order valence-electron chi connectivity index (χ1n) is 10.1. The summed E-state index contributed by atoms with van der Waals surface area (Å²) >= 11 is 0. The second-order valence-corrected chi connectivity index (χ2v) is 8.00. The number of ether oxygens (including phenoxy) is 1. The van der Waals surface area contributed by atoms with Crippen LogP contribution < -0.4 is 5.32 Å². The molecule has 0 aliphatic carbocycles. The van der Waals surface area contributed by atoms with Crippen LogP contribution >= 0.6 is 0 Å². The lowest BCUT2D eigenvalue weighted by atomic mass is 9.92. The molecular formula is C21H33FN4O. The van der Waals surface area contributed by atoms with Gasteiger partial charge in [-0.2, -0.15) is 0 Å². The molecule has 1 aromatic rings. The van der Waals surface area contributed by atoms with E-state index in [4.69, 9.17) is 4.74 Å². The maximum absolute atomic E-state index is 13.8. The summed E-state index contributed by atoms with van der Waals surface area (Å²) in [7, 11) is 1.85. The van der Waals surface area contributed by atoms with Crippen molar-refractivity contribution < 1.29 is 9.13 Å². The predicted octanol–water partition coefficient (Wildman–Crippen LogP) is 2.75. The number of hydrogen-bond donors (Lipinski definition) is 1. The molecule has 2 aliphatic rings. The van der Waals surface area contributed by atoms with Crippen molar-refractivity contribution in [1.82, 2.24) is 15.1 Å². The van der Waals surface area contributed by atoms with Gasteiger partial charge in [-0.3, -0.25) is 9.89 Å². The highest BCUT2D eigenvalue weighted by Crippen LogP contribution is 2.23. The van der Waals surface area contributed by atoms with E-state index in [0.29, 0.717) is 18.4 Å². The Labute approximate surface area is 162 Å². The zero-order valence-electron chi connectivity index (χ0n) is 16.8. The largest absolute Gasteiger partial charge is 0.379 e. The Bertz CT molecular complexity index is 622. The van der Waals surface area contributed by atoms with Gasteiger partial charge < -0.3 is 15.0 Å². The number of piperidine rings is 1. The predicted molar refractivity (Wildman–Crippen MR) is 107 cm³/mol. The van der Waals surface area contributed by atoms with Crippen LogP contribution in [0.15, 0.2) is 29.3 Å². The Kier molecular flexibility index (Phi) is 7.07. The van der Waals surface area contributed by atoms with Gasteiger partial charge in [-0.1, -0.05) is 26.0 Å². The highest BCUT2D eigenvalue weighted by molar-refractivity contribution is 5.80. The average Bonchev–Trinajstić information content (AvgIpc) is 2.65. The molecule has 2 heterocycles. The van der Waals surface area contributed by atoms with Gasteiger partial charge in [0.15, 0.2) is 5.96 Å². The van der Waals surface area contributed by atoms with E-state index in [1.807, 2.05) is 13.1 Å². The van der Waals surface area contributed by atoms with Crippen LogP contribution in [-0.4, -0.2) is 68.7 Å². The molecule has 150 valence electrons. The van der Waals surface area contributed by atoms with Crippen molar-refractivity contribution in [3.8, 4) is 0 Å². The molecule has 6 heteroatoms. The third-order valence-electron chi connectivity index (χ3n) is 5.55. The van der Waals surface area contributed by atoms with Crippen LogP contribution in [0.25, 0.3) is 0 Å². The summed E-state index contributed by atoms with van der Waals surface area (Å²) in [5, 5.41) is 3.57. The van der Waals surface area contributed by atoms with E-state index in [1.165, 1.54) is 12.5 Å². The lowest BCUT2D eigenvalue weighted by molar-refractivity contribution is 0.0168. The van der Waals surface area contributed by atoms with Gasteiger partial charge in [0.1, 0.15) is 5.82 Å². The summed E-state index contributed by atoms with van der Waals surface area (Å²) in [6, 6.07) is 7.05. The monoisotopic (exact) mass is 376 g/mol. The summed E-state index contributed by atoms with van der Waals surface area (Å²) < 4.78 is 19.3. The van der Waals surface area contributed by atoms with Crippen molar-refractivity contribution in [2.24, 2.45) is 16.8 Å². The van der Waals surface area contributed by atoms with Crippen LogP contribution in [0.3, 0.4) is 0 Å². The van der Waals surface area contributed by atoms with Gasteiger partial charge in [0, 0.05) is 39.8 Å². The summed E-state index contributed by atoms with van der Waals surface area (Å²) in [6.45, 7) is 10.5. The molecule has 5 nitrogen and oxygen atoms in total. The number of aliphatic imine (C=N–C) groups is 1. The number of guanidine groups is 1. The molecule has 3 atom stereocenters. The Morgan fingerprint density at radius 2 is 1.96 bits per heavy atom. The molecule has 1 aromatic carbocycles. The molecule has 0 spiro atoms. The quantitative estimate of drug-likeness (QED) is 0.648. The highest BCUT2D eigenvalue weighted by Gasteiger charge is 2.27. The molecular weight excluding hydrogens is 343 g/mol. The maximum Gasteiger partial charge on any atom is 0.193 e. The lowest BCUT2D eigenvalue weighted by Gasteiger charge is -2.39.